The van der Waals surface area contributed by atoms with Crippen LogP contribution >= 0.6 is 23.2 Å². The average molecular weight is 601 g/mol. The number of ketones is 2. The van der Waals surface area contributed by atoms with Gasteiger partial charge in [0.15, 0.2) is 11.6 Å². The Labute approximate surface area is 234 Å². The number of nitrogens with zero attached hydrogens (tertiary/aromatic N) is 3. The van der Waals surface area contributed by atoms with E-state index in [-0.39, 0.29) is 55.8 Å². The number of aromatic carboxylic acids is 1. The van der Waals surface area contributed by atoms with Gasteiger partial charge >= 0.3 is 5.97 Å². The second-order valence-electron chi connectivity index (χ2n) is 8.32. The third-order valence-electron chi connectivity index (χ3n) is 5.77. The van der Waals surface area contributed by atoms with Crippen molar-refractivity contribution in [2.75, 3.05) is 16.4 Å². The van der Waals surface area contributed by atoms with E-state index in [1.54, 1.807) is 6.07 Å². The van der Waals surface area contributed by atoms with Crippen LogP contribution in [0.1, 0.15) is 42.2 Å². The molecule has 0 spiro atoms. The summed E-state index contributed by atoms with van der Waals surface area (Å²) in [5.41, 5.74) is 4.41. The normalized spacial score (nSPS) is 12.5. The molecule has 0 saturated carbocycles. The Morgan fingerprint density at radius 1 is 0.850 bits per heavy atom. The lowest BCUT2D eigenvalue weighted by atomic mass is 9.82. The van der Waals surface area contributed by atoms with Crippen molar-refractivity contribution in [2.45, 2.75) is 4.90 Å². The Balaban J connectivity index is 1.68. The summed E-state index contributed by atoms with van der Waals surface area (Å²) < 4.78 is 34.1. The Morgan fingerprint density at radius 3 is 1.95 bits per heavy atom. The molecule has 4 aromatic rings. The maximum atomic E-state index is 13.5. The molecule has 0 radical (unpaired) electrons. The zero-order chi connectivity index (χ0) is 28.9. The molecule has 1 heterocycles. The van der Waals surface area contributed by atoms with Crippen LogP contribution in [-0.2, 0) is 10.1 Å². The maximum absolute atomic E-state index is 13.5. The van der Waals surface area contributed by atoms with Gasteiger partial charge in [-0.2, -0.15) is 23.4 Å². The lowest BCUT2D eigenvalue weighted by Crippen LogP contribution is -2.25. The fraction of sp³-hybridized carbons (Fsp3) is 0. The second-order valence-corrected chi connectivity index (χ2v) is 10.4. The summed E-state index contributed by atoms with van der Waals surface area (Å²) in [6, 6.07) is 10.5. The number of nitrogen functional groups attached to an aromatic ring is 1. The summed E-state index contributed by atoms with van der Waals surface area (Å²) in [6.45, 7) is 0. The van der Waals surface area contributed by atoms with Crippen molar-refractivity contribution in [3.63, 3.8) is 0 Å². The largest absolute Gasteiger partial charge is 0.478 e. The molecule has 0 bridgehead atoms. The van der Waals surface area contributed by atoms with Crippen LogP contribution < -0.4 is 16.4 Å². The summed E-state index contributed by atoms with van der Waals surface area (Å²) in [5.74, 6) is -2.84. The number of nitrogens with two attached hydrogens (primary N) is 1. The van der Waals surface area contributed by atoms with Crippen molar-refractivity contribution in [2.24, 2.45) is 0 Å². The van der Waals surface area contributed by atoms with Crippen molar-refractivity contribution in [1.29, 1.82) is 0 Å². The molecule has 202 valence electrons. The number of hydrogen-bond donors (Lipinski definition) is 5. The van der Waals surface area contributed by atoms with E-state index in [4.69, 9.17) is 28.9 Å². The van der Waals surface area contributed by atoms with Gasteiger partial charge in [-0.3, -0.25) is 14.1 Å². The predicted molar refractivity (Wildman–Crippen MR) is 144 cm³/mol. The van der Waals surface area contributed by atoms with E-state index in [2.05, 4.69) is 25.6 Å². The number of carboxylic acid groups (broad SMARTS) is 1. The second kappa shape index (κ2) is 9.84. The van der Waals surface area contributed by atoms with E-state index < -0.39 is 43.8 Å². The molecule has 0 unspecified atom stereocenters. The highest BCUT2D eigenvalue weighted by atomic mass is 35.5. The number of benzene rings is 3. The van der Waals surface area contributed by atoms with Crippen LogP contribution in [0.5, 0.6) is 0 Å². The van der Waals surface area contributed by atoms with Gasteiger partial charge in [0, 0.05) is 22.5 Å². The minimum atomic E-state index is -4.96. The van der Waals surface area contributed by atoms with Gasteiger partial charge in [-0.1, -0.05) is 24.3 Å². The molecule has 5 rings (SSSR count). The fourth-order valence-electron chi connectivity index (χ4n) is 4.17. The summed E-state index contributed by atoms with van der Waals surface area (Å²) in [4.78, 5) is 49.2. The Morgan fingerprint density at radius 2 is 1.40 bits per heavy atom. The number of carbonyl (C=O) groups is 3. The molecule has 0 amide bonds. The third-order valence-corrected chi connectivity index (χ3v) is 7.01. The van der Waals surface area contributed by atoms with E-state index in [1.807, 2.05) is 0 Å². The van der Waals surface area contributed by atoms with Crippen LogP contribution in [0.15, 0.2) is 53.4 Å². The van der Waals surface area contributed by atoms with Gasteiger partial charge in [0.1, 0.15) is 4.90 Å². The van der Waals surface area contributed by atoms with Gasteiger partial charge in [-0.15, -0.1) is 0 Å². The van der Waals surface area contributed by atoms with Gasteiger partial charge in [-0.25, -0.2) is 4.79 Å². The van der Waals surface area contributed by atoms with E-state index >= 15 is 0 Å². The van der Waals surface area contributed by atoms with Crippen molar-refractivity contribution < 1.29 is 32.5 Å². The summed E-state index contributed by atoms with van der Waals surface area (Å²) in [5, 5.41) is 14.7. The van der Waals surface area contributed by atoms with Crippen LogP contribution in [0.2, 0.25) is 10.6 Å². The van der Waals surface area contributed by atoms with Crippen LogP contribution in [-0.4, -0.2) is 50.6 Å². The monoisotopic (exact) mass is 600 g/mol. The molecule has 0 saturated heterocycles. The number of carboxylic acids is 1. The molecule has 40 heavy (non-hydrogen) atoms. The number of carbonyl (C=O) groups excluding carboxylic acids is 2. The quantitative estimate of drug-likeness (QED) is 0.138. The van der Waals surface area contributed by atoms with Gasteiger partial charge in [0.05, 0.1) is 28.1 Å². The maximum Gasteiger partial charge on any atom is 0.335 e. The smallest absolute Gasteiger partial charge is 0.335 e. The first-order valence-corrected chi connectivity index (χ1v) is 13.1. The third kappa shape index (κ3) is 4.91. The number of hydrogen-bond acceptors (Lipinski definition) is 11. The first-order valence-electron chi connectivity index (χ1n) is 11.0. The Hall–Kier alpha value is -4.63. The van der Waals surface area contributed by atoms with Gasteiger partial charge in [-0.05, 0) is 47.5 Å². The number of anilines is 5. The van der Waals surface area contributed by atoms with Gasteiger partial charge in [0.2, 0.25) is 16.5 Å². The SMILES string of the molecule is Nc1c(S(=O)(=O)O)cc(Nc2cc(Nc3nc(Cl)nc(Cl)n3)cc(C(=O)O)c2)c2c1C(=O)c1ccccc1C2=O. The lowest BCUT2D eigenvalue weighted by molar-refractivity contribution is 0.0696. The minimum Gasteiger partial charge on any atom is -0.478 e. The van der Waals surface area contributed by atoms with Crippen LogP contribution in [0.4, 0.5) is 28.7 Å². The van der Waals surface area contributed by atoms with Crippen molar-refractivity contribution in [3.8, 4) is 0 Å². The van der Waals surface area contributed by atoms with Crippen molar-refractivity contribution >= 4 is 79.6 Å². The van der Waals surface area contributed by atoms with Crippen LogP contribution in [0, 0.1) is 0 Å². The highest BCUT2D eigenvalue weighted by Crippen LogP contribution is 2.40. The first kappa shape index (κ1) is 27.0. The topological polar surface area (TPSA) is 215 Å². The molecule has 0 aliphatic heterocycles. The molecule has 3 aromatic carbocycles. The molecule has 16 heteroatoms. The standard InChI is InChI=1S/C24H14Cl2N6O7S/c25-22-30-23(26)32-24(31-22)29-11-6-9(21(35)36)5-10(7-11)28-14-8-15(40(37,38)39)18(27)17-16(14)19(33)12-3-1-2-4-13(12)20(17)34/h1-8,28H,27H2,(H,35,36)(H,37,38,39)(H,29,30,31,32). The molecular formula is C24H14Cl2N6O7S. The van der Waals surface area contributed by atoms with Crippen molar-refractivity contribution in [1.82, 2.24) is 15.0 Å². The summed E-state index contributed by atoms with van der Waals surface area (Å²) >= 11 is 11.6. The lowest BCUT2D eigenvalue weighted by Gasteiger charge is -2.24. The van der Waals surface area contributed by atoms with Crippen LogP contribution in [0.3, 0.4) is 0 Å². The molecule has 6 N–H and O–H groups in total. The Kier molecular flexibility index (Phi) is 6.63. The van der Waals surface area contributed by atoms with E-state index in [9.17, 15) is 32.5 Å². The zero-order valence-electron chi connectivity index (χ0n) is 19.6. The number of rotatable bonds is 6. The molecule has 1 aliphatic carbocycles. The number of fused-ring (bicyclic) bond motifs is 2. The summed E-state index contributed by atoms with van der Waals surface area (Å²) in [7, 11) is -4.96. The number of nitrogens with one attached hydrogen (secondary N) is 2. The molecule has 13 nitrogen and oxygen atoms in total. The predicted octanol–water partition coefficient (Wildman–Crippen LogP) is 3.97. The van der Waals surface area contributed by atoms with E-state index in [1.165, 1.54) is 36.4 Å². The van der Waals surface area contributed by atoms with Crippen LogP contribution in [0.25, 0.3) is 0 Å². The highest BCUT2D eigenvalue weighted by Gasteiger charge is 2.36. The van der Waals surface area contributed by atoms with Gasteiger partial charge < -0.3 is 21.5 Å². The molecule has 0 fully saturated rings. The van der Waals surface area contributed by atoms with Gasteiger partial charge in [0.25, 0.3) is 10.1 Å². The number of aromatic nitrogens is 3. The average Bonchev–Trinajstić information content (AvgIpc) is 2.86. The zero-order valence-corrected chi connectivity index (χ0v) is 22.0. The highest BCUT2D eigenvalue weighted by molar-refractivity contribution is 7.86. The molecule has 1 aromatic heterocycles. The fourth-order valence-corrected chi connectivity index (χ4v) is 5.18. The molecule has 1 aliphatic rings. The van der Waals surface area contributed by atoms with E-state index in [0.29, 0.717) is 0 Å². The molecule has 0 atom stereocenters. The molecular weight excluding hydrogens is 587 g/mol. The number of halogens is 2. The van der Waals surface area contributed by atoms with Crippen molar-refractivity contribution in [3.05, 3.63) is 86.9 Å². The van der Waals surface area contributed by atoms with E-state index in [0.717, 1.165) is 6.07 Å². The first-order chi connectivity index (χ1) is 18.8. The Bertz CT molecular complexity index is 1880. The summed E-state index contributed by atoms with van der Waals surface area (Å²) in [6.07, 6.45) is 0. The minimum absolute atomic E-state index is 0.000768.